The van der Waals surface area contributed by atoms with Gasteiger partial charge in [0, 0.05) is 29.2 Å². The Kier molecular flexibility index (Phi) is 6.60. The summed E-state index contributed by atoms with van der Waals surface area (Å²) in [6, 6.07) is 3.71. The number of aromatic nitrogens is 1. The van der Waals surface area contributed by atoms with Crippen LogP contribution in [0.5, 0.6) is 5.75 Å². The van der Waals surface area contributed by atoms with Crippen LogP contribution in [-0.4, -0.2) is 31.3 Å². The summed E-state index contributed by atoms with van der Waals surface area (Å²) in [5.74, 6) is 0.964. The average molecular weight is 354 g/mol. The summed E-state index contributed by atoms with van der Waals surface area (Å²) in [7, 11) is 8.21. The number of carbonyl (C=O) groups excluding carboxylic acids is 1. The van der Waals surface area contributed by atoms with E-state index in [-0.39, 0.29) is 5.91 Å². The molecular formula is C21H31BN2O2. The number of hydrogen-bond donors (Lipinski definition) is 1. The Morgan fingerprint density at radius 3 is 2.31 bits per heavy atom. The summed E-state index contributed by atoms with van der Waals surface area (Å²) in [5, 5.41) is 3.10. The monoisotopic (exact) mass is 354 g/mol. The van der Waals surface area contributed by atoms with Crippen molar-refractivity contribution in [1.29, 1.82) is 0 Å². The van der Waals surface area contributed by atoms with Gasteiger partial charge in [0.1, 0.15) is 19.3 Å². The minimum atomic E-state index is -0.625. The molecule has 5 heteroatoms. The van der Waals surface area contributed by atoms with Crippen molar-refractivity contribution < 1.29 is 9.53 Å². The van der Waals surface area contributed by atoms with Gasteiger partial charge in [-0.05, 0) is 25.7 Å². The van der Waals surface area contributed by atoms with E-state index in [4.69, 9.17) is 12.6 Å². The molecule has 2 aliphatic carbocycles. The van der Waals surface area contributed by atoms with Gasteiger partial charge in [0.15, 0.2) is 0 Å². The Hall–Kier alpha value is -1.52. The van der Waals surface area contributed by atoms with Crippen molar-refractivity contribution in [2.75, 3.05) is 7.11 Å². The second kappa shape index (κ2) is 8.92. The number of ether oxygens (including phenoxy) is 1. The van der Waals surface area contributed by atoms with E-state index in [1.807, 2.05) is 6.07 Å². The van der Waals surface area contributed by atoms with Gasteiger partial charge >= 0.3 is 0 Å². The van der Waals surface area contributed by atoms with Crippen molar-refractivity contribution in [2.45, 2.75) is 88.4 Å². The predicted octanol–water partition coefficient (Wildman–Crippen LogP) is 4.48. The molecule has 2 aliphatic rings. The fraction of sp³-hybridized carbons (Fsp3) is 0.714. The van der Waals surface area contributed by atoms with Crippen LogP contribution < -0.4 is 10.1 Å². The molecule has 1 N–H and O–H groups in total. The molecule has 2 radical (unpaired) electrons. The van der Waals surface area contributed by atoms with E-state index in [9.17, 15) is 4.79 Å². The van der Waals surface area contributed by atoms with Crippen LogP contribution in [0.2, 0.25) is 0 Å². The maximum atomic E-state index is 12.9. The summed E-state index contributed by atoms with van der Waals surface area (Å²) in [6.07, 6.45) is 13.5. The van der Waals surface area contributed by atoms with Gasteiger partial charge in [-0.3, -0.25) is 4.79 Å². The van der Waals surface area contributed by atoms with Crippen LogP contribution in [0.3, 0.4) is 0 Å². The quantitative estimate of drug-likeness (QED) is 0.812. The van der Waals surface area contributed by atoms with Gasteiger partial charge in [-0.25, -0.2) is 4.98 Å². The first-order chi connectivity index (χ1) is 12.6. The normalized spacial score (nSPS) is 21.4. The summed E-state index contributed by atoms with van der Waals surface area (Å²) in [6.45, 7) is 0. The van der Waals surface area contributed by atoms with Crippen molar-refractivity contribution >= 4 is 13.8 Å². The second-order valence-corrected chi connectivity index (χ2v) is 8.03. The average Bonchev–Trinajstić information content (AvgIpc) is 3.20. The van der Waals surface area contributed by atoms with Crippen molar-refractivity contribution in [3.8, 4) is 5.75 Å². The summed E-state index contributed by atoms with van der Waals surface area (Å²) < 4.78 is 5.42. The Balaban J connectivity index is 1.76. The lowest BCUT2D eigenvalue weighted by molar-refractivity contribution is 0.0914. The van der Waals surface area contributed by atoms with Crippen molar-refractivity contribution in [3.63, 3.8) is 0 Å². The molecule has 140 valence electrons. The first-order valence-corrected chi connectivity index (χ1v) is 10.3. The van der Waals surface area contributed by atoms with E-state index in [0.29, 0.717) is 17.4 Å². The van der Waals surface area contributed by atoms with Gasteiger partial charge < -0.3 is 10.1 Å². The molecule has 26 heavy (non-hydrogen) atoms. The predicted molar refractivity (Wildman–Crippen MR) is 105 cm³/mol. The zero-order valence-electron chi connectivity index (χ0n) is 16.1. The molecule has 0 atom stereocenters. The highest BCUT2D eigenvalue weighted by molar-refractivity contribution is 6.17. The lowest BCUT2D eigenvalue weighted by Gasteiger charge is -2.31. The lowest BCUT2D eigenvalue weighted by Crippen LogP contribution is -2.49. The highest BCUT2D eigenvalue weighted by Gasteiger charge is 2.28. The molecule has 1 aromatic heterocycles. The summed E-state index contributed by atoms with van der Waals surface area (Å²) in [4.78, 5) is 17.6. The van der Waals surface area contributed by atoms with Crippen molar-refractivity contribution in [2.24, 2.45) is 0 Å². The number of nitrogens with zero attached hydrogens (tertiary/aromatic N) is 1. The van der Waals surface area contributed by atoms with Gasteiger partial charge in [-0.1, -0.05) is 51.4 Å². The molecule has 0 saturated heterocycles. The topological polar surface area (TPSA) is 51.2 Å². The van der Waals surface area contributed by atoms with Crippen LogP contribution in [0.1, 0.15) is 99.2 Å². The van der Waals surface area contributed by atoms with E-state index < -0.39 is 5.44 Å². The van der Waals surface area contributed by atoms with Gasteiger partial charge in [0.2, 0.25) is 0 Å². The molecule has 0 bridgehead atoms. The minimum Gasteiger partial charge on any atom is -0.497 e. The zero-order valence-corrected chi connectivity index (χ0v) is 16.1. The van der Waals surface area contributed by atoms with E-state index in [1.165, 1.54) is 38.5 Å². The molecular weight excluding hydrogens is 323 g/mol. The molecule has 0 spiro atoms. The van der Waals surface area contributed by atoms with Crippen molar-refractivity contribution in [3.05, 3.63) is 23.5 Å². The van der Waals surface area contributed by atoms with Gasteiger partial charge in [-0.2, -0.15) is 0 Å². The summed E-state index contributed by atoms with van der Waals surface area (Å²) in [5.41, 5.74) is 0.781. The van der Waals surface area contributed by atoms with E-state index in [1.54, 1.807) is 13.2 Å². The number of methoxy groups -OCH3 is 1. The minimum absolute atomic E-state index is 0.176. The number of pyridine rings is 1. The third kappa shape index (κ3) is 5.02. The highest BCUT2D eigenvalue weighted by atomic mass is 16.5. The standard InChI is InChI=1S/C21H31BN2O2/c1-26-17-14-18(16-10-6-7-11-16)23-19(15-17)20(25)24-21(22)12-8-4-2-3-5-9-13-21/h14-16H,2-13H2,1H3,(H,24,25). The van der Waals surface area contributed by atoms with E-state index in [2.05, 4.69) is 10.3 Å². The van der Waals surface area contributed by atoms with Gasteiger partial charge in [-0.15, -0.1) is 0 Å². The zero-order chi connectivity index (χ0) is 18.4. The first-order valence-electron chi connectivity index (χ1n) is 10.3. The van der Waals surface area contributed by atoms with Crippen LogP contribution in [0.4, 0.5) is 0 Å². The Morgan fingerprint density at radius 1 is 1.08 bits per heavy atom. The number of hydrogen-bond acceptors (Lipinski definition) is 3. The molecule has 0 unspecified atom stereocenters. The molecule has 1 amide bonds. The molecule has 1 heterocycles. The Bertz CT molecular complexity index is 604. The fourth-order valence-electron chi connectivity index (χ4n) is 4.32. The molecule has 0 aliphatic heterocycles. The molecule has 1 aromatic rings. The number of rotatable bonds is 4. The van der Waals surface area contributed by atoms with Crippen LogP contribution in [0.15, 0.2) is 12.1 Å². The summed E-state index contributed by atoms with van der Waals surface area (Å²) >= 11 is 0. The van der Waals surface area contributed by atoms with E-state index >= 15 is 0 Å². The largest absolute Gasteiger partial charge is 0.497 e. The van der Waals surface area contributed by atoms with Crippen LogP contribution in [-0.2, 0) is 0 Å². The number of carbonyl (C=O) groups is 1. The van der Waals surface area contributed by atoms with Gasteiger partial charge in [0.05, 0.1) is 7.11 Å². The maximum Gasteiger partial charge on any atom is 0.269 e. The number of amides is 1. The SMILES string of the molecule is [B]C1(NC(=O)c2cc(OC)cc(C3CCCC3)n2)CCCCCCCC1. The van der Waals surface area contributed by atoms with E-state index in [0.717, 1.165) is 44.2 Å². The molecule has 3 rings (SSSR count). The molecule has 0 aromatic carbocycles. The molecule has 2 fully saturated rings. The molecule has 2 saturated carbocycles. The smallest absolute Gasteiger partial charge is 0.269 e. The maximum absolute atomic E-state index is 12.9. The Morgan fingerprint density at radius 2 is 1.69 bits per heavy atom. The fourth-order valence-corrected chi connectivity index (χ4v) is 4.32. The van der Waals surface area contributed by atoms with Crippen LogP contribution >= 0.6 is 0 Å². The second-order valence-electron chi connectivity index (χ2n) is 8.03. The van der Waals surface area contributed by atoms with Crippen LogP contribution in [0.25, 0.3) is 0 Å². The van der Waals surface area contributed by atoms with Gasteiger partial charge in [0.25, 0.3) is 5.91 Å². The number of nitrogens with one attached hydrogen (secondary N) is 1. The first kappa shape index (κ1) is 19.3. The Labute approximate surface area is 158 Å². The van der Waals surface area contributed by atoms with Crippen LogP contribution in [0, 0.1) is 0 Å². The van der Waals surface area contributed by atoms with Crippen molar-refractivity contribution in [1.82, 2.24) is 10.3 Å². The lowest BCUT2D eigenvalue weighted by atomic mass is 9.70. The highest BCUT2D eigenvalue weighted by Crippen LogP contribution is 2.34. The molecule has 4 nitrogen and oxygen atoms in total. The third-order valence-electron chi connectivity index (χ3n) is 5.92. The third-order valence-corrected chi connectivity index (χ3v) is 5.92.